The molecule has 2 heterocycles. The minimum Gasteiger partial charge on any atom is -0.480 e. The zero-order valence-electron chi connectivity index (χ0n) is 12.4. The minimum atomic E-state index is -0.996. The molecule has 1 N–H and O–H groups in total. The molecule has 0 aromatic heterocycles. The van der Waals surface area contributed by atoms with Crippen molar-refractivity contribution in [2.75, 3.05) is 18.0 Å². The van der Waals surface area contributed by atoms with Crippen LogP contribution in [0.5, 0.6) is 0 Å². The lowest BCUT2D eigenvalue weighted by Crippen LogP contribution is -2.45. The van der Waals surface area contributed by atoms with Gasteiger partial charge in [-0.05, 0) is 47.3 Å². The molecule has 2 aliphatic heterocycles. The Balaban J connectivity index is 1.78. The summed E-state index contributed by atoms with van der Waals surface area (Å²) in [5, 5.41) is 9.21. The van der Waals surface area contributed by atoms with Gasteiger partial charge in [-0.3, -0.25) is 9.59 Å². The molecule has 2 atom stereocenters. The minimum absolute atomic E-state index is 0.252. The monoisotopic (exact) mass is 380 g/mol. The molecule has 2 fully saturated rings. The fourth-order valence-corrected chi connectivity index (χ4v) is 3.81. The van der Waals surface area contributed by atoms with Gasteiger partial charge >= 0.3 is 5.97 Å². The van der Waals surface area contributed by atoms with E-state index in [0.29, 0.717) is 32.4 Å². The van der Waals surface area contributed by atoms with Crippen molar-refractivity contribution in [2.45, 2.75) is 25.3 Å². The van der Waals surface area contributed by atoms with Gasteiger partial charge in [0, 0.05) is 17.6 Å². The summed E-state index contributed by atoms with van der Waals surface area (Å²) < 4.78 is 0.797. The summed E-state index contributed by atoms with van der Waals surface area (Å²) in [7, 11) is 0. The predicted molar refractivity (Wildman–Crippen MR) is 87.0 cm³/mol. The van der Waals surface area contributed by atoms with E-state index >= 15 is 0 Å². The maximum absolute atomic E-state index is 12.6. The predicted octanol–water partition coefficient (Wildman–Crippen LogP) is 1.88. The summed E-state index contributed by atoms with van der Waals surface area (Å²) in [6.45, 7) is 0.873. The fourth-order valence-electron chi connectivity index (χ4n) is 3.31. The molecule has 2 saturated heterocycles. The van der Waals surface area contributed by atoms with Gasteiger partial charge in [0.25, 0.3) is 0 Å². The van der Waals surface area contributed by atoms with Crippen LogP contribution in [0.25, 0.3) is 0 Å². The van der Waals surface area contributed by atoms with Gasteiger partial charge in [-0.1, -0.05) is 12.1 Å². The highest BCUT2D eigenvalue weighted by molar-refractivity contribution is 9.10. The van der Waals surface area contributed by atoms with Crippen molar-refractivity contribution in [1.82, 2.24) is 4.90 Å². The molecule has 0 bridgehead atoms. The number of carbonyl (C=O) groups excluding carboxylic acids is 2. The molecule has 122 valence electrons. The smallest absolute Gasteiger partial charge is 0.326 e. The molecule has 1 aromatic carbocycles. The third-order valence-electron chi connectivity index (χ3n) is 4.47. The molecule has 0 unspecified atom stereocenters. The zero-order chi connectivity index (χ0) is 16.6. The van der Waals surface area contributed by atoms with E-state index in [4.69, 9.17) is 0 Å². The second-order valence-corrected chi connectivity index (χ2v) is 6.66. The van der Waals surface area contributed by atoms with Crippen LogP contribution in [0.2, 0.25) is 0 Å². The molecule has 23 heavy (non-hydrogen) atoms. The van der Waals surface area contributed by atoms with E-state index in [1.54, 1.807) is 4.90 Å². The summed E-state index contributed by atoms with van der Waals surface area (Å²) in [5.74, 6) is -2.38. The summed E-state index contributed by atoms with van der Waals surface area (Å²) in [6, 6.07) is 6.57. The fraction of sp³-hybridized carbons (Fsp3) is 0.438. The normalized spacial score (nSPS) is 24.3. The Labute approximate surface area is 142 Å². The van der Waals surface area contributed by atoms with E-state index in [9.17, 15) is 19.5 Å². The van der Waals surface area contributed by atoms with Gasteiger partial charge in [-0.2, -0.15) is 0 Å². The van der Waals surface area contributed by atoms with Crippen molar-refractivity contribution in [1.29, 1.82) is 0 Å². The molecular formula is C16H17BrN2O4. The Bertz CT molecular complexity index is 663. The zero-order valence-corrected chi connectivity index (χ0v) is 14.0. The maximum Gasteiger partial charge on any atom is 0.326 e. The summed E-state index contributed by atoms with van der Waals surface area (Å²) in [6.07, 6.45) is 1.54. The molecule has 3 rings (SSSR count). The number of carbonyl (C=O) groups is 3. The van der Waals surface area contributed by atoms with Crippen molar-refractivity contribution in [3.63, 3.8) is 0 Å². The number of anilines is 1. The van der Waals surface area contributed by atoms with Gasteiger partial charge in [-0.25, -0.2) is 4.79 Å². The maximum atomic E-state index is 12.6. The Hall–Kier alpha value is -1.89. The van der Waals surface area contributed by atoms with Crippen LogP contribution in [0, 0.1) is 5.92 Å². The average molecular weight is 381 g/mol. The number of hydrogen-bond donors (Lipinski definition) is 1. The van der Waals surface area contributed by atoms with Crippen molar-refractivity contribution in [3.05, 3.63) is 28.7 Å². The van der Waals surface area contributed by atoms with Gasteiger partial charge in [0.05, 0.1) is 5.69 Å². The number of hydrogen-bond acceptors (Lipinski definition) is 3. The summed E-state index contributed by atoms with van der Waals surface area (Å²) in [5.41, 5.74) is 0.740. The van der Waals surface area contributed by atoms with Crippen LogP contribution < -0.4 is 4.90 Å². The highest BCUT2D eigenvalue weighted by Crippen LogP contribution is 2.33. The Kier molecular flexibility index (Phi) is 4.39. The number of carboxylic acid groups (broad SMARTS) is 1. The summed E-state index contributed by atoms with van der Waals surface area (Å²) in [4.78, 5) is 39.5. The van der Waals surface area contributed by atoms with E-state index in [0.717, 1.165) is 10.2 Å². The molecule has 0 saturated carbocycles. The van der Waals surface area contributed by atoms with Crippen LogP contribution in [0.15, 0.2) is 28.7 Å². The topological polar surface area (TPSA) is 77.9 Å². The number of nitrogens with zero attached hydrogens (tertiary/aromatic N) is 2. The van der Waals surface area contributed by atoms with Crippen LogP contribution in [0.1, 0.15) is 19.3 Å². The highest BCUT2D eigenvalue weighted by atomic mass is 79.9. The average Bonchev–Trinajstić information content (AvgIpc) is 3.14. The van der Waals surface area contributed by atoms with Crippen molar-refractivity contribution in [2.24, 2.45) is 5.92 Å². The van der Waals surface area contributed by atoms with E-state index in [1.165, 1.54) is 4.90 Å². The number of carboxylic acids is 1. The number of aliphatic carboxylic acids is 1. The van der Waals surface area contributed by atoms with Crippen LogP contribution in [-0.4, -0.2) is 46.9 Å². The van der Waals surface area contributed by atoms with Crippen LogP contribution in [0.3, 0.4) is 0 Å². The third kappa shape index (κ3) is 2.85. The second-order valence-electron chi connectivity index (χ2n) is 5.81. The third-order valence-corrected chi connectivity index (χ3v) is 5.14. The lowest BCUT2D eigenvalue weighted by atomic mass is 10.1. The first kappa shape index (κ1) is 16.0. The van der Waals surface area contributed by atoms with Gasteiger partial charge in [-0.15, -0.1) is 0 Å². The van der Waals surface area contributed by atoms with Gasteiger partial charge in [0.15, 0.2) is 0 Å². The van der Waals surface area contributed by atoms with E-state index in [1.807, 2.05) is 24.3 Å². The number of benzene rings is 1. The molecule has 2 amide bonds. The SMILES string of the molecule is O=C(O)[C@@H]1CCCN1C(=O)[C@@H]1CCN(c2ccccc2Br)C1=O. The number of para-hydroxylation sites is 1. The molecule has 0 radical (unpaired) electrons. The highest BCUT2D eigenvalue weighted by Gasteiger charge is 2.44. The molecule has 6 nitrogen and oxygen atoms in total. The molecule has 0 spiro atoms. The molecule has 1 aromatic rings. The van der Waals surface area contributed by atoms with E-state index in [-0.39, 0.29) is 11.8 Å². The van der Waals surface area contributed by atoms with Crippen LogP contribution in [0.4, 0.5) is 5.69 Å². The second kappa shape index (κ2) is 6.31. The van der Waals surface area contributed by atoms with Gasteiger partial charge in [0.1, 0.15) is 12.0 Å². The first-order valence-corrected chi connectivity index (χ1v) is 8.39. The number of halogens is 1. The Morgan fingerprint density at radius 3 is 2.61 bits per heavy atom. The van der Waals surface area contributed by atoms with Crippen molar-refractivity contribution in [3.8, 4) is 0 Å². The standard InChI is InChI=1S/C16H17BrN2O4/c17-11-4-1-2-5-12(11)19-9-7-10(15(19)21)14(20)18-8-3-6-13(18)16(22)23/h1-2,4-5,10,13H,3,6-9H2,(H,22,23)/t10-,13-/m0/s1. The molecule has 7 heteroatoms. The first-order chi connectivity index (χ1) is 11.0. The first-order valence-electron chi connectivity index (χ1n) is 7.60. The quantitative estimate of drug-likeness (QED) is 0.812. The number of rotatable bonds is 3. The Morgan fingerprint density at radius 2 is 1.91 bits per heavy atom. The molecule has 0 aliphatic carbocycles. The Morgan fingerprint density at radius 1 is 1.17 bits per heavy atom. The molecular weight excluding hydrogens is 364 g/mol. The lowest BCUT2D eigenvalue weighted by Gasteiger charge is -2.24. The lowest BCUT2D eigenvalue weighted by molar-refractivity contribution is -0.151. The molecule has 2 aliphatic rings. The van der Waals surface area contributed by atoms with E-state index in [2.05, 4.69) is 15.9 Å². The van der Waals surface area contributed by atoms with Gasteiger partial charge < -0.3 is 14.9 Å². The van der Waals surface area contributed by atoms with Gasteiger partial charge in [0.2, 0.25) is 11.8 Å². The van der Waals surface area contributed by atoms with Crippen LogP contribution >= 0.6 is 15.9 Å². The van der Waals surface area contributed by atoms with Crippen LogP contribution in [-0.2, 0) is 14.4 Å². The largest absolute Gasteiger partial charge is 0.480 e. The van der Waals surface area contributed by atoms with E-state index < -0.39 is 17.9 Å². The number of likely N-dealkylation sites (tertiary alicyclic amines) is 1. The summed E-state index contributed by atoms with van der Waals surface area (Å²) >= 11 is 3.42. The van der Waals surface area contributed by atoms with Crippen molar-refractivity contribution < 1.29 is 19.5 Å². The number of amides is 2. The van der Waals surface area contributed by atoms with Crippen molar-refractivity contribution >= 4 is 39.4 Å².